The van der Waals surface area contributed by atoms with E-state index in [1.54, 1.807) is 6.92 Å². The fourth-order valence-electron chi connectivity index (χ4n) is 0.841. The lowest BCUT2D eigenvalue weighted by Gasteiger charge is -2.30. The minimum Gasteiger partial charge on any atom is -0.392 e. The molecular formula is C10H23NO3. The van der Waals surface area contributed by atoms with Crippen molar-refractivity contribution in [2.24, 2.45) is 0 Å². The van der Waals surface area contributed by atoms with Crippen LogP contribution in [-0.4, -0.2) is 47.7 Å². The molecule has 0 aliphatic carbocycles. The summed E-state index contributed by atoms with van der Waals surface area (Å²) in [5.74, 6) is 0. The molecule has 0 aliphatic rings. The van der Waals surface area contributed by atoms with E-state index in [0.29, 0.717) is 19.8 Å². The van der Waals surface area contributed by atoms with Crippen LogP contribution in [-0.2, 0) is 4.74 Å². The maximum atomic E-state index is 9.46. The molecule has 3 N–H and O–H groups in total. The molecule has 0 aromatic carbocycles. The SMILES string of the molecule is CCOCC(O)CNC(C)(C)C(C)O. The fourth-order valence-corrected chi connectivity index (χ4v) is 0.841. The highest BCUT2D eigenvalue weighted by atomic mass is 16.5. The average Bonchev–Trinajstić information content (AvgIpc) is 2.11. The number of rotatable bonds is 7. The van der Waals surface area contributed by atoms with Crippen LogP contribution in [0.1, 0.15) is 27.7 Å². The molecule has 2 unspecified atom stereocenters. The van der Waals surface area contributed by atoms with Crippen molar-refractivity contribution < 1.29 is 14.9 Å². The van der Waals surface area contributed by atoms with E-state index in [4.69, 9.17) is 4.74 Å². The summed E-state index contributed by atoms with van der Waals surface area (Å²) in [4.78, 5) is 0. The minimum absolute atomic E-state index is 0.333. The Hall–Kier alpha value is -0.160. The Morgan fingerprint density at radius 2 is 1.93 bits per heavy atom. The summed E-state index contributed by atoms with van der Waals surface area (Å²) in [5.41, 5.74) is -0.382. The molecule has 0 radical (unpaired) electrons. The Morgan fingerprint density at radius 1 is 1.36 bits per heavy atom. The predicted molar refractivity (Wildman–Crippen MR) is 56.3 cm³/mol. The topological polar surface area (TPSA) is 61.7 Å². The van der Waals surface area contributed by atoms with Gasteiger partial charge < -0.3 is 20.3 Å². The van der Waals surface area contributed by atoms with Gasteiger partial charge in [-0.15, -0.1) is 0 Å². The molecule has 0 fully saturated rings. The molecule has 14 heavy (non-hydrogen) atoms. The Labute approximate surface area is 86.3 Å². The summed E-state index contributed by atoms with van der Waals surface area (Å²) in [6.45, 7) is 8.77. The van der Waals surface area contributed by atoms with Gasteiger partial charge in [0.1, 0.15) is 0 Å². The zero-order chi connectivity index (χ0) is 11.2. The average molecular weight is 205 g/mol. The van der Waals surface area contributed by atoms with Crippen LogP contribution in [0.15, 0.2) is 0 Å². The third kappa shape index (κ3) is 5.54. The summed E-state index contributed by atoms with van der Waals surface area (Å²) in [5, 5.41) is 21.9. The van der Waals surface area contributed by atoms with Gasteiger partial charge in [-0.2, -0.15) is 0 Å². The summed E-state index contributed by atoms with van der Waals surface area (Å²) in [6, 6.07) is 0. The minimum atomic E-state index is -0.520. The first-order valence-corrected chi connectivity index (χ1v) is 5.09. The van der Waals surface area contributed by atoms with Crippen LogP contribution in [0.5, 0.6) is 0 Å². The molecule has 0 bridgehead atoms. The van der Waals surface area contributed by atoms with Crippen molar-refractivity contribution in [1.82, 2.24) is 5.32 Å². The van der Waals surface area contributed by atoms with Gasteiger partial charge in [0.05, 0.1) is 18.8 Å². The smallest absolute Gasteiger partial charge is 0.0897 e. The van der Waals surface area contributed by atoms with Crippen LogP contribution in [0.4, 0.5) is 0 Å². The molecule has 0 aromatic heterocycles. The van der Waals surface area contributed by atoms with Gasteiger partial charge >= 0.3 is 0 Å². The molecule has 0 heterocycles. The number of nitrogens with one attached hydrogen (secondary N) is 1. The molecule has 4 heteroatoms. The molecule has 0 amide bonds. The highest BCUT2D eigenvalue weighted by Gasteiger charge is 2.23. The lowest BCUT2D eigenvalue weighted by atomic mass is 9.99. The zero-order valence-electron chi connectivity index (χ0n) is 9.58. The van der Waals surface area contributed by atoms with Crippen molar-refractivity contribution in [3.8, 4) is 0 Å². The Morgan fingerprint density at radius 3 is 2.36 bits per heavy atom. The van der Waals surface area contributed by atoms with Crippen molar-refractivity contribution in [3.05, 3.63) is 0 Å². The van der Waals surface area contributed by atoms with E-state index in [0.717, 1.165) is 0 Å². The highest BCUT2D eigenvalue weighted by Crippen LogP contribution is 2.07. The first kappa shape index (κ1) is 13.8. The highest BCUT2D eigenvalue weighted by molar-refractivity contribution is 4.83. The first-order valence-electron chi connectivity index (χ1n) is 5.09. The zero-order valence-corrected chi connectivity index (χ0v) is 9.58. The molecule has 0 aliphatic heterocycles. The molecule has 0 saturated carbocycles. The van der Waals surface area contributed by atoms with Crippen LogP contribution < -0.4 is 5.32 Å². The van der Waals surface area contributed by atoms with E-state index in [1.165, 1.54) is 0 Å². The van der Waals surface area contributed by atoms with Crippen LogP contribution in [0.2, 0.25) is 0 Å². The van der Waals surface area contributed by atoms with Gasteiger partial charge in [0.15, 0.2) is 0 Å². The molecule has 4 nitrogen and oxygen atoms in total. The molecule has 0 saturated heterocycles. The van der Waals surface area contributed by atoms with Crippen molar-refractivity contribution >= 4 is 0 Å². The number of β-amino-alcohol motifs (C(OH)–C–C–N with tert-alkyl or cyclic N) is 1. The van der Waals surface area contributed by atoms with Gasteiger partial charge in [-0.3, -0.25) is 0 Å². The number of hydrogen-bond acceptors (Lipinski definition) is 4. The van der Waals surface area contributed by atoms with E-state index in [1.807, 2.05) is 20.8 Å². The Kier molecular flexibility index (Phi) is 6.27. The maximum absolute atomic E-state index is 9.46. The van der Waals surface area contributed by atoms with Gasteiger partial charge in [-0.05, 0) is 27.7 Å². The molecule has 86 valence electrons. The number of hydrogen-bond donors (Lipinski definition) is 3. The van der Waals surface area contributed by atoms with E-state index < -0.39 is 12.2 Å². The lowest BCUT2D eigenvalue weighted by molar-refractivity contribution is 0.0292. The second kappa shape index (κ2) is 6.35. The van der Waals surface area contributed by atoms with Crippen molar-refractivity contribution in [2.45, 2.75) is 45.4 Å². The summed E-state index contributed by atoms with van der Waals surface area (Å²) >= 11 is 0. The van der Waals surface area contributed by atoms with Gasteiger partial charge in [-0.25, -0.2) is 0 Å². The third-order valence-corrected chi connectivity index (χ3v) is 2.35. The normalized spacial score (nSPS) is 16.7. The van der Waals surface area contributed by atoms with Crippen LogP contribution >= 0.6 is 0 Å². The predicted octanol–water partition coefficient (Wildman–Crippen LogP) is 0.133. The largest absolute Gasteiger partial charge is 0.392 e. The number of ether oxygens (including phenoxy) is 1. The van der Waals surface area contributed by atoms with Crippen LogP contribution in [0.3, 0.4) is 0 Å². The van der Waals surface area contributed by atoms with Crippen molar-refractivity contribution in [2.75, 3.05) is 19.8 Å². The summed E-state index contributed by atoms with van der Waals surface area (Å²) in [6.07, 6.45) is -0.977. The molecule has 0 rings (SSSR count). The summed E-state index contributed by atoms with van der Waals surface area (Å²) in [7, 11) is 0. The van der Waals surface area contributed by atoms with Gasteiger partial charge in [-0.1, -0.05) is 0 Å². The van der Waals surface area contributed by atoms with E-state index >= 15 is 0 Å². The molecular weight excluding hydrogens is 182 g/mol. The molecule has 0 aromatic rings. The van der Waals surface area contributed by atoms with Crippen molar-refractivity contribution in [1.29, 1.82) is 0 Å². The molecule has 2 atom stereocenters. The fraction of sp³-hybridized carbons (Fsp3) is 1.00. The second-order valence-electron chi connectivity index (χ2n) is 4.09. The standard InChI is InChI=1S/C10H23NO3/c1-5-14-7-9(13)6-11-10(3,4)8(2)12/h8-9,11-13H,5-7H2,1-4H3. The number of aliphatic hydroxyl groups is 2. The lowest BCUT2D eigenvalue weighted by Crippen LogP contribution is -2.51. The first-order chi connectivity index (χ1) is 6.40. The number of aliphatic hydroxyl groups excluding tert-OH is 2. The second-order valence-corrected chi connectivity index (χ2v) is 4.09. The maximum Gasteiger partial charge on any atom is 0.0897 e. The quantitative estimate of drug-likeness (QED) is 0.553. The van der Waals surface area contributed by atoms with E-state index in [2.05, 4.69) is 5.32 Å². The Bertz CT molecular complexity index is 148. The van der Waals surface area contributed by atoms with Gasteiger partial charge in [0.2, 0.25) is 0 Å². The monoisotopic (exact) mass is 205 g/mol. The van der Waals surface area contributed by atoms with Gasteiger partial charge in [0, 0.05) is 18.7 Å². The van der Waals surface area contributed by atoms with Crippen molar-refractivity contribution in [3.63, 3.8) is 0 Å². The van der Waals surface area contributed by atoms with Crippen LogP contribution in [0.25, 0.3) is 0 Å². The van der Waals surface area contributed by atoms with E-state index in [9.17, 15) is 10.2 Å². The summed E-state index contributed by atoms with van der Waals surface area (Å²) < 4.78 is 5.07. The van der Waals surface area contributed by atoms with Gasteiger partial charge in [0.25, 0.3) is 0 Å². The van der Waals surface area contributed by atoms with Crippen LogP contribution in [0, 0.1) is 0 Å². The van der Waals surface area contributed by atoms with E-state index in [-0.39, 0.29) is 5.54 Å². The molecule has 0 spiro atoms. The Balaban J connectivity index is 3.70. The third-order valence-electron chi connectivity index (χ3n) is 2.35.